The van der Waals surface area contributed by atoms with Crippen LogP contribution in [0.1, 0.15) is 18.9 Å². The minimum absolute atomic E-state index is 0.0351. The molecule has 1 aromatic carbocycles. The standard InChI is InChI=1S/C15H23NO3S/c1-3-16-14(13-8-9-19-10-13)11-20(17,18)15-7-5-4-6-12(15)2/h4-7,13-14,16H,3,8-11H2,1-2H3. The molecule has 1 N–H and O–H groups in total. The average molecular weight is 297 g/mol. The van der Waals surface area contributed by atoms with Crippen molar-refractivity contribution in [2.24, 2.45) is 5.92 Å². The summed E-state index contributed by atoms with van der Waals surface area (Å²) in [6.07, 6.45) is 0.932. The van der Waals surface area contributed by atoms with Crippen molar-refractivity contribution in [2.45, 2.75) is 31.2 Å². The van der Waals surface area contributed by atoms with Crippen molar-refractivity contribution in [1.29, 1.82) is 0 Å². The van der Waals surface area contributed by atoms with Crippen molar-refractivity contribution in [3.05, 3.63) is 29.8 Å². The van der Waals surface area contributed by atoms with Crippen LogP contribution < -0.4 is 5.32 Å². The molecule has 1 aliphatic heterocycles. The maximum Gasteiger partial charge on any atom is 0.180 e. The monoisotopic (exact) mass is 297 g/mol. The first kappa shape index (κ1) is 15.5. The molecule has 1 fully saturated rings. The first-order chi connectivity index (χ1) is 9.54. The molecular weight excluding hydrogens is 274 g/mol. The number of hydrogen-bond acceptors (Lipinski definition) is 4. The summed E-state index contributed by atoms with van der Waals surface area (Å²) in [6.45, 7) is 6.00. The van der Waals surface area contributed by atoms with E-state index in [1.54, 1.807) is 12.1 Å². The molecule has 5 heteroatoms. The van der Waals surface area contributed by atoms with Gasteiger partial charge in [0.2, 0.25) is 0 Å². The lowest BCUT2D eigenvalue weighted by molar-refractivity contribution is 0.179. The highest BCUT2D eigenvalue weighted by Crippen LogP contribution is 2.22. The van der Waals surface area contributed by atoms with Gasteiger partial charge in [-0.05, 0) is 31.5 Å². The van der Waals surface area contributed by atoms with Crippen LogP contribution in [0.3, 0.4) is 0 Å². The Bertz CT molecular complexity index is 536. The minimum Gasteiger partial charge on any atom is -0.381 e. The van der Waals surface area contributed by atoms with Crippen molar-refractivity contribution in [3.8, 4) is 0 Å². The summed E-state index contributed by atoms with van der Waals surface area (Å²) in [4.78, 5) is 0.446. The van der Waals surface area contributed by atoms with Crippen LogP contribution in [0.5, 0.6) is 0 Å². The maximum absolute atomic E-state index is 12.6. The quantitative estimate of drug-likeness (QED) is 0.869. The SMILES string of the molecule is CCNC(CS(=O)(=O)c1ccccc1C)C1CCOC1. The normalized spacial score (nSPS) is 21.0. The van der Waals surface area contributed by atoms with Crippen molar-refractivity contribution in [1.82, 2.24) is 5.32 Å². The Morgan fingerprint density at radius 1 is 1.40 bits per heavy atom. The summed E-state index contributed by atoms with van der Waals surface area (Å²) in [5.41, 5.74) is 0.811. The molecule has 0 aromatic heterocycles. The molecule has 2 unspecified atom stereocenters. The van der Waals surface area contributed by atoms with Crippen LogP contribution in [0.2, 0.25) is 0 Å². The Hall–Kier alpha value is -0.910. The zero-order chi connectivity index (χ0) is 14.6. The fourth-order valence-electron chi connectivity index (χ4n) is 2.73. The molecular formula is C15H23NO3S. The zero-order valence-electron chi connectivity index (χ0n) is 12.1. The smallest absolute Gasteiger partial charge is 0.180 e. The molecule has 1 aromatic rings. The Morgan fingerprint density at radius 3 is 2.75 bits per heavy atom. The van der Waals surface area contributed by atoms with Crippen LogP contribution in [-0.2, 0) is 14.6 Å². The van der Waals surface area contributed by atoms with E-state index in [4.69, 9.17) is 4.74 Å². The molecule has 112 valence electrons. The van der Waals surface area contributed by atoms with E-state index in [0.717, 1.165) is 25.1 Å². The Balaban J connectivity index is 2.18. The summed E-state index contributed by atoms with van der Waals surface area (Å²) in [6, 6.07) is 7.14. The molecule has 1 aliphatic rings. The number of benzene rings is 1. The summed E-state index contributed by atoms with van der Waals surface area (Å²) < 4.78 is 30.6. The third kappa shape index (κ3) is 3.59. The van der Waals surface area contributed by atoms with Crippen molar-refractivity contribution < 1.29 is 13.2 Å². The van der Waals surface area contributed by atoms with E-state index < -0.39 is 9.84 Å². The van der Waals surface area contributed by atoms with E-state index in [1.807, 2.05) is 26.0 Å². The first-order valence-electron chi connectivity index (χ1n) is 7.14. The van der Waals surface area contributed by atoms with Crippen molar-refractivity contribution >= 4 is 9.84 Å². The van der Waals surface area contributed by atoms with Gasteiger partial charge in [-0.2, -0.15) is 0 Å². The van der Waals surface area contributed by atoms with Crippen LogP contribution in [0, 0.1) is 12.8 Å². The lowest BCUT2D eigenvalue weighted by Crippen LogP contribution is -2.42. The van der Waals surface area contributed by atoms with Gasteiger partial charge in [0.1, 0.15) is 0 Å². The highest BCUT2D eigenvalue weighted by molar-refractivity contribution is 7.91. The molecule has 2 atom stereocenters. The Labute approximate surface area is 121 Å². The lowest BCUT2D eigenvalue weighted by atomic mass is 10.0. The Morgan fingerprint density at radius 2 is 2.15 bits per heavy atom. The van der Waals surface area contributed by atoms with E-state index in [0.29, 0.717) is 11.5 Å². The second-order valence-corrected chi connectivity index (χ2v) is 7.34. The largest absolute Gasteiger partial charge is 0.381 e. The molecule has 0 amide bonds. The second-order valence-electron chi connectivity index (χ2n) is 5.33. The van der Waals surface area contributed by atoms with Gasteiger partial charge in [0.05, 0.1) is 17.3 Å². The predicted octanol–water partition coefficient (Wildman–Crippen LogP) is 1.78. The van der Waals surface area contributed by atoms with Gasteiger partial charge in [-0.25, -0.2) is 8.42 Å². The number of ether oxygens (including phenoxy) is 1. The highest BCUT2D eigenvalue weighted by atomic mass is 32.2. The van der Waals surface area contributed by atoms with Gasteiger partial charge >= 0.3 is 0 Å². The van der Waals surface area contributed by atoms with E-state index in [9.17, 15) is 8.42 Å². The fraction of sp³-hybridized carbons (Fsp3) is 0.600. The van der Waals surface area contributed by atoms with E-state index in [1.165, 1.54) is 0 Å². The van der Waals surface area contributed by atoms with Crippen molar-refractivity contribution in [3.63, 3.8) is 0 Å². The van der Waals surface area contributed by atoms with Crippen LogP contribution in [0.4, 0.5) is 0 Å². The molecule has 0 spiro atoms. The van der Waals surface area contributed by atoms with E-state index in [-0.39, 0.29) is 17.7 Å². The highest BCUT2D eigenvalue weighted by Gasteiger charge is 2.30. The number of rotatable bonds is 6. The third-order valence-electron chi connectivity index (χ3n) is 3.83. The summed E-state index contributed by atoms with van der Waals surface area (Å²) >= 11 is 0. The summed E-state index contributed by atoms with van der Waals surface area (Å²) in [5.74, 6) is 0.424. The van der Waals surface area contributed by atoms with Crippen LogP contribution in [0.25, 0.3) is 0 Å². The number of sulfone groups is 1. The summed E-state index contributed by atoms with van der Waals surface area (Å²) in [7, 11) is -3.27. The fourth-order valence-corrected chi connectivity index (χ4v) is 4.61. The van der Waals surface area contributed by atoms with Gasteiger partial charge in [0, 0.05) is 18.6 Å². The van der Waals surface area contributed by atoms with Gasteiger partial charge in [-0.15, -0.1) is 0 Å². The van der Waals surface area contributed by atoms with Gasteiger partial charge < -0.3 is 10.1 Å². The second kappa shape index (κ2) is 6.70. The number of aryl methyl sites for hydroxylation is 1. The van der Waals surface area contributed by atoms with Gasteiger partial charge in [0.25, 0.3) is 0 Å². The minimum atomic E-state index is -3.27. The Kier molecular flexibility index (Phi) is 5.18. The van der Waals surface area contributed by atoms with E-state index >= 15 is 0 Å². The van der Waals surface area contributed by atoms with Gasteiger partial charge in [0.15, 0.2) is 9.84 Å². The summed E-state index contributed by atoms with van der Waals surface area (Å²) in [5, 5.41) is 3.31. The number of hydrogen-bond donors (Lipinski definition) is 1. The molecule has 0 saturated carbocycles. The van der Waals surface area contributed by atoms with E-state index in [2.05, 4.69) is 5.32 Å². The average Bonchev–Trinajstić information content (AvgIpc) is 2.92. The molecule has 2 rings (SSSR count). The third-order valence-corrected chi connectivity index (χ3v) is 5.75. The lowest BCUT2D eigenvalue weighted by Gasteiger charge is -2.23. The van der Waals surface area contributed by atoms with Crippen LogP contribution >= 0.6 is 0 Å². The molecule has 0 bridgehead atoms. The molecule has 0 aliphatic carbocycles. The first-order valence-corrected chi connectivity index (χ1v) is 8.79. The predicted molar refractivity (Wildman–Crippen MR) is 79.6 cm³/mol. The zero-order valence-corrected chi connectivity index (χ0v) is 12.9. The molecule has 1 saturated heterocycles. The number of nitrogens with one attached hydrogen (secondary N) is 1. The van der Waals surface area contributed by atoms with Crippen molar-refractivity contribution in [2.75, 3.05) is 25.5 Å². The van der Waals surface area contributed by atoms with Crippen LogP contribution in [0.15, 0.2) is 29.2 Å². The molecule has 20 heavy (non-hydrogen) atoms. The van der Waals surface area contributed by atoms with Gasteiger partial charge in [-0.3, -0.25) is 0 Å². The van der Waals surface area contributed by atoms with Crippen LogP contribution in [-0.4, -0.2) is 40.0 Å². The van der Waals surface area contributed by atoms with Gasteiger partial charge in [-0.1, -0.05) is 25.1 Å². The topological polar surface area (TPSA) is 55.4 Å². The maximum atomic E-state index is 12.6. The molecule has 0 radical (unpaired) electrons. The molecule has 4 nitrogen and oxygen atoms in total. The molecule has 1 heterocycles.